The Morgan fingerprint density at radius 3 is 2.67 bits per heavy atom. The van der Waals surface area contributed by atoms with Gasteiger partial charge in [0.25, 0.3) is 0 Å². The van der Waals surface area contributed by atoms with Crippen LogP contribution in [0.1, 0.15) is 45.4 Å². The zero-order chi connectivity index (χ0) is 11.1. The van der Waals surface area contributed by atoms with E-state index in [1.807, 2.05) is 0 Å². The van der Waals surface area contributed by atoms with Crippen LogP contribution in [0.4, 0.5) is 0 Å². The highest BCUT2D eigenvalue weighted by molar-refractivity contribution is 7.99. The molecule has 1 nitrogen and oxygen atoms in total. The third-order valence-electron chi connectivity index (χ3n) is 3.16. The van der Waals surface area contributed by atoms with Crippen LogP contribution in [0.3, 0.4) is 0 Å². The second kappa shape index (κ2) is 7.34. The van der Waals surface area contributed by atoms with Crippen molar-refractivity contribution in [2.45, 2.75) is 56.7 Å². The summed E-state index contributed by atoms with van der Waals surface area (Å²) in [4.78, 5) is 0. The van der Waals surface area contributed by atoms with E-state index in [0.29, 0.717) is 6.04 Å². The van der Waals surface area contributed by atoms with Crippen LogP contribution in [0.2, 0.25) is 0 Å². The molecule has 0 saturated heterocycles. The summed E-state index contributed by atoms with van der Waals surface area (Å²) in [5.74, 6) is 1.27. The van der Waals surface area contributed by atoms with E-state index in [1.54, 1.807) is 0 Å². The first kappa shape index (κ1) is 13.1. The van der Waals surface area contributed by atoms with Gasteiger partial charge in [0.1, 0.15) is 0 Å². The van der Waals surface area contributed by atoms with E-state index < -0.39 is 0 Å². The van der Waals surface area contributed by atoms with Crippen molar-refractivity contribution in [1.82, 2.24) is 5.32 Å². The largest absolute Gasteiger partial charge is 0.316 e. The lowest BCUT2D eigenvalue weighted by atomic mass is 10.1. The van der Waals surface area contributed by atoms with E-state index in [0.717, 1.165) is 11.7 Å². The van der Waals surface area contributed by atoms with Gasteiger partial charge in [-0.2, -0.15) is 11.8 Å². The van der Waals surface area contributed by atoms with E-state index >= 15 is 0 Å². The van der Waals surface area contributed by atoms with Gasteiger partial charge in [-0.15, -0.1) is 6.58 Å². The Balaban J connectivity index is 2.12. The lowest BCUT2D eigenvalue weighted by molar-refractivity contribution is 0.571. The molecular weight excluding hydrogens is 202 g/mol. The number of nitrogens with one attached hydrogen (secondary N) is 1. The maximum Gasteiger partial charge on any atom is 0.0158 e. The third-order valence-corrected chi connectivity index (χ3v) is 4.70. The molecule has 15 heavy (non-hydrogen) atoms. The SMILES string of the molecule is C=C(C)CCC(CSC1CCCC1)NC. The molecule has 2 heteroatoms. The van der Waals surface area contributed by atoms with Crippen molar-refractivity contribution in [3.05, 3.63) is 12.2 Å². The molecule has 1 aliphatic rings. The molecule has 0 bridgehead atoms. The fraction of sp³-hybridized carbons (Fsp3) is 0.846. The van der Waals surface area contributed by atoms with Gasteiger partial charge in [-0.1, -0.05) is 18.4 Å². The normalized spacial score (nSPS) is 19.3. The van der Waals surface area contributed by atoms with Crippen LogP contribution >= 0.6 is 11.8 Å². The molecule has 1 N–H and O–H groups in total. The summed E-state index contributed by atoms with van der Waals surface area (Å²) in [6.45, 7) is 6.09. The van der Waals surface area contributed by atoms with Crippen LogP contribution in [0.5, 0.6) is 0 Å². The Kier molecular flexibility index (Phi) is 6.42. The molecule has 0 amide bonds. The Labute approximate surface area is 99.1 Å². The van der Waals surface area contributed by atoms with Crippen molar-refractivity contribution in [3.8, 4) is 0 Å². The van der Waals surface area contributed by atoms with Gasteiger partial charge in [0.05, 0.1) is 0 Å². The maximum absolute atomic E-state index is 3.96. The standard InChI is InChI=1S/C13H25NS/c1-11(2)8-9-12(14-3)10-15-13-6-4-5-7-13/h12-14H,1,4-10H2,2-3H3. The summed E-state index contributed by atoms with van der Waals surface area (Å²) in [6, 6.07) is 0.673. The summed E-state index contributed by atoms with van der Waals surface area (Å²) in [5, 5.41) is 4.37. The Hall–Kier alpha value is 0.0500. The zero-order valence-electron chi connectivity index (χ0n) is 10.2. The van der Waals surface area contributed by atoms with Gasteiger partial charge in [0.15, 0.2) is 0 Å². The van der Waals surface area contributed by atoms with Gasteiger partial charge >= 0.3 is 0 Å². The molecule has 0 aromatic carbocycles. The number of rotatable bonds is 7. The molecule has 0 heterocycles. The van der Waals surface area contributed by atoms with Crippen LogP contribution in [-0.2, 0) is 0 Å². The highest BCUT2D eigenvalue weighted by Crippen LogP contribution is 2.30. The van der Waals surface area contributed by atoms with Crippen molar-refractivity contribution < 1.29 is 0 Å². The minimum Gasteiger partial charge on any atom is -0.316 e. The second-order valence-electron chi connectivity index (χ2n) is 4.72. The summed E-state index contributed by atoms with van der Waals surface area (Å²) in [6.07, 6.45) is 8.20. The van der Waals surface area contributed by atoms with Gasteiger partial charge in [-0.05, 0) is 39.7 Å². The van der Waals surface area contributed by atoms with Crippen molar-refractivity contribution in [2.75, 3.05) is 12.8 Å². The van der Waals surface area contributed by atoms with Crippen LogP contribution in [0.15, 0.2) is 12.2 Å². The molecule has 88 valence electrons. The average Bonchev–Trinajstić information content (AvgIpc) is 2.70. The molecule has 0 aliphatic heterocycles. The van der Waals surface area contributed by atoms with Crippen LogP contribution in [0, 0.1) is 0 Å². The van der Waals surface area contributed by atoms with Crippen LogP contribution in [0.25, 0.3) is 0 Å². The molecule has 0 aromatic heterocycles. The van der Waals surface area contributed by atoms with Gasteiger partial charge in [-0.25, -0.2) is 0 Å². The molecule has 1 unspecified atom stereocenters. The average molecular weight is 227 g/mol. The molecule has 0 aromatic rings. The van der Waals surface area contributed by atoms with Crippen LogP contribution in [-0.4, -0.2) is 24.1 Å². The predicted molar refractivity (Wildman–Crippen MR) is 71.6 cm³/mol. The number of thioether (sulfide) groups is 1. The second-order valence-corrected chi connectivity index (χ2v) is 6.05. The van der Waals surface area contributed by atoms with E-state index in [9.17, 15) is 0 Å². The van der Waals surface area contributed by atoms with Crippen molar-refractivity contribution in [3.63, 3.8) is 0 Å². The first-order valence-electron chi connectivity index (χ1n) is 6.15. The zero-order valence-corrected chi connectivity index (χ0v) is 11.0. The highest BCUT2D eigenvalue weighted by Gasteiger charge is 2.17. The van der Waals surface area contributed by atoms with E-state index in [-0.39, 0.29) is 0 Å². The fourth-order valence-corrected chi connectivity index (χ4v) is 3.54. The lowest BCUT2D eigenvalue weighted by Crippen LogP contribution is -2.28. The Morgan fingerprint density at radius 1 is 1.47 bits per heavy atom. The summed E-state index contributed by atoms with van der Waals surface area (Å²) in [5.41, 5.74) is 1.31. The predicted octanol–water partition coefficient (Wildman–Crippen LogP) is 3.61. The molecule has 0 spiro atoms. The van der Waals surface area contributed by atoms with Crippen molar-refractivity contribution in [2.24, 2.45) is 0 Å². The maximum atomic E-state index is 3.96. The number of allylic oxidation sites excluding steroid dienone is 1. The van der Waals surface area contributed by atoms with E-state index in [1.165, 1.54) is 43.4 Å². The first-order chi connectivity index (χ1) is 7.22. The Bertz CT molecular complexity index is 185. The van der Waals surface area contributed by atoms with Crippen molar-refractivity contribution >= 4 is 11.8 Å². The summed E-state index contributed by atoms with van der Waals surface area (Å²) < 4.78 is 0. The van der Waals surface area contributed by atoms with Gasteiger partial charge in [0, 0.05) is 17.0 Å². The molecule has 1 atom stereocenters. The smallest absolute Gasteiger partial charge is 0.0158 e. The molecular formula is C13H25NS. The van der Waals surface area contributed by atoms with E-state index in [4.69, 9.17) is 0 Å². The van der Waals surface area contributed by atoms with Gasteiger partial charge in [0.2, 0.25) is 0 Å². The molecule has 1 saturated carbocycles. The minimum atomic E-state index is 0.673. The van der Waals surface area contributed by atoms with Gasteiger partial charge in [-0.3, -0.25) is 0 Å². The quantitative estimate of drug-likeness (QED) is 0.667. The highest BCUT2D eigenvalue weighted by atomic mass is 32.2. The third kappa shape index (κ3) is 5.62. The lowest BCUT2D eigenvalue weighted by Gasteiger charge is -2.18. The fourth-order valence-electron chi connectivity index (χ4n) is 2.04. The topological polar surface area (TPSA) is 12.0 Å². The number of hydrogen-bond donors (Lipinski definition) is 1. The van der Waals surface area contributed by atoms with E-state index in [2.05, 4.69) is 37.6 Å². The van der Waals surface area contributed by atoms with Crippen molar-refractivity contribution in [1.29, 1.82) is 0 Å². The molecule has 0 radical (unpaired) electrons. The Morgan fingerprint density at radius 2 is 2.13 bits per heavy atom. The molecule has 1 rings (SSSR count). The first-order valence-corrected chi connectivity index (χ1v) is 7.20. The summed E-state index contributed by atoms with van der Waals surface area (Å²) in [7, 11) is 2.08. The number of hydrogen-bond acceptors (Lipinski definition) is 2. The summed E-state index contributed by atoms with van der Waals surface area (Å²) >= 11 is 2.18. The van der Waals surface area contributed by atoms with Crippen LogP contribution < -0.4 is 5.32 Å². The minimum absolute atomic E-state index is 0.673. The monoisotopic (exact) mass is 227 g/mol. The van der Waals surface area contributed by atoms with Gasteiger partial charge < -0.3 is 5.32 Å². The molecule has 1 fully saturated rings. The molecule has 1 aliphatic carbocycles.